The van der Waals surface area contributed by atoms with Crippen LogP contribution >= 0.6 is 0 Å². The Bertz CT molecular complexity index is 2840. The predicted molar refractivity (Wildman–Crippen MR) is 230 cm³/mol. The standard InChI is InChI=1S/C52H36N2/c1-4-18-36(19-5-1)40-25-13-16-30-48(40)54(49-31-17-14-26-41(49)37-20-6-2-7-21-37)52-43-27-11-10-24-39(43)32-33-46(52)50-42(38-22-8-3-9-23-38)34-35-45-44-28-12-15-29-47(44)53-51(45)50/h1-35,53H. The number of para-hydroxylation sites is 3. The van der Waals surface area contributed by atoms with Crippen molar-refractivity contribution in [3.05, 3.63) is 212 Å². The van der Waals surface area contributed by atoms with Gasteiger partial charge in [-0.25, -0.2) is 0 Å². The summed E-state index contributed by atoms with van der Waals surface area (Å²) in [5, 5.41) is 4.78. The normalized spacial score (nSPS) is 11.3. The fourth-order valence-corrected chi connectivity index (χ4v) is 8.19. The van der Waals surface area contributed by atoms with Crippen molar-refractivity contribution < 1.29 is 0 Å². The smallest absolute Gasteiger partial charge is 0.0619 e. The number of H-pyrrole nitrogens is 1. The molecule has 0 unspecified atom stereocenters. The number of nitrogens with zero attached hydrogens (tertiary/aromatic N) is 1. The minimum absolute atomic E-state index is 1.11. The maximum atomic E-state index is 3.90. The molecule has 10 rings (SSSR count). The van der Waals surface area contributed by atoms with Crippen molar-refractivity contribution in [3.63, 3.8) is 0 Å². The van der Waals surface area contributed by atoms with Gasteiger partial charge in [0, 0.05) is 43.9 Å². The predicted octanol–water partition coefficient (Wildman–Crippen LogP) is 14.6. The zero-order valence-corrected chi connectivity index (χ0v) is 29.7. The average molecular weight is 689 g/mol. The number of fused-ring (bicyclic) bond motifs is 4. The van der Waals surface area contributed by atoms with Gasteiger partial charge in [0.2, 0.25) is 0 Å². The van der Waals surface area contributed by atoms with Crippen LogP contribution in [0.4, 0.5) is 17.1 Å². The monoisotopic (exact) mass is 688 g/mol. The summed E-state index contributed by atoms with van der Waals surface area (Å²) >= 11 is 0. The fraction of sp³-hybridized carbons (Fsp3) is 0. The zero-order valence-electron chi connectivity index (χ0n) is 29.7. The largest absolute Gasteiger partial charge is 0.354 e. The lowest BCUT2D eigenvalue weighted by molar-refractivity contribution is 1.30. The SMILES string of the molecule is c1ccc(-c2ccccc2N(c2ccccc2-c2ccccc2)c2c(-c3c(-c4ccccc4)ccc4c3[nH]c3ccccc34)ccc3ccccc23)cc1. The molecule has 1 heterocycles. The Morgan fingerprint density at radius 2 is 0.796 bits per heavy atom. The van der Waals surface area contributed by atoms with E-state index >= 15 is 0 Å². The van der Waals surface area contributed by atoms with Gasteiger partial charge in [0.25, 0.3) is 0 Å². The number of hydrogen-bond donors (Lipinski definition) is 1. The van der Waals surface area contributed by atoms with Crippen LogP contribution in [0, 0.1) is 0 Å². The molecule has 0 bridgehead atoms. The van der Waals surface area contributed by atoms with E-state index in [1.165, 1.54) is 49.4 Å². The van der Waals surface area contributed by atoms with Crippen molar-refractivity contribution in [1.82, 2.24) is 4.98 Å². The molecule has 2 nitrogen and oxygen atoms in total. The third kappa shape index (κ3) is 5.36. The van der Waals surface area contributed by atoms with Gasteiger partial charge in [0.05, 0.1) is 22.6 Å². The fourth-order valence-electron chi connectivity index (χ4n) is 8.19. The first-order valence-corrected chi connectivity index (χ1v) is 18.5. The van der Waals surface area contributed by atoms with E-state index in [0.29, 0.717) is 0 Å². The van der Waals surface area contributed by atoms with E-state index in [-0.39, 0.29) is 0 Å². The number of rotatable bonds is 7. The number of hydrogen-bond acceptors (Lipinski definition) is 1. The Labute approximate surface area is 315 Å². The van der Waals surface area contributed by atoms with Crippen LogP contribution in [0.3, 0.4) is 0 Å². The van der Waals surface area contributed by atoms with Crippen LogP contribution in [0.5, 0.6) is 0 Å². The molecule has 0 radical (unpaired) electrons. The maximum absolute atomic E-state index is 3.90. The average Bonchev–Trinajstić information content (AvgIpc) is 3.64. The Hall–Kier alpha value is -7.16. The molecule has 0 amide bonds. The van der Waals surface area contributed by atoms with Gasteiger partial charge in [-0.15, -0.1) is 0 Å². The number of aromatic nitrogens is 1. The van der Waals surface area contributed by atoms with Gasteiger partial charge in [-0.3, -0.25) is 0 Å². The second-order valence-electron chi connectivity index (χ2n) is 13.7. The molecule has 0 aliphatic rings. The lowest BCUT2D eigenvalue weighted by Gasteiger charge is -2.33. The Balaban J connectivity index is 1.39. The second kappa shape index (κ2) is 13.4. The molecule has 0 aliphatic carbocycles. The van der Waals surface area contributed by atoms with E-state index in [4.69, 9.17) is 0 Å². The summed E-state index contributed by atoms with van der Waals surface area (Å²) in [6.45, 7) is 0. The van der Waals surface area contributed by atoms with E-state index in [9.17, 15) is 0 Å². The summed E-state index contributed by atoms with van der Waals surface area (Å²) < 4.78 is 0. The summed E-state index contributed by atoms with van der Waals surface area (Å²) in [5.41, 5.74) is 14.9. The Morgan fingerprint density at radius 1 is 0.315 bits per heavy atom. The molecule has 0 atom stereocenters. The first-order chi connectivity index (χ1) is 26.8. The summed E-state index contributed by atoms with van der Waals surface area (Å²) in [4.78, 5) is 6.43. The molecule has 0 saturated heterocycles. The molecule has 10 aromatic rings. The van der Waals surface area contributed by atoms with Crippen molar-refractivity contribution in [2.45, 2.75) is 0 Å². The number of aromatic amines is 1. The van der Waals surface area contributed by atoms with Crippen LogP contribution in [-0.2, 0) is 0 Å². The van der Waals surface area contributed by atoms with Crippen molar-refractivity contribution >= 4 is 49.6 Å². The third-order valence-electron chi connectivity index (χ3n) is 10.6. The van der Waals surface area contributed by atoms with Gasteiger partial charge in [-0.1, -0.05) is 194 Å². The van der Waals surface area contributed by atoms with Crippen LogP contribution < -0.4 is 4.90 Å². The highest BCUT2D eigenvalue weighted by Crippen LogP contribution is 2.52. The Kier molecular flexibility index (Phi) is 7.85. The number of benzene rings is 9. The molecule has 9 aromatic carbocycles. The van der Waals surface area contributed by atoms with Crippen molar-refractivity contribution in [3.8, 4) is 44.5 Å². The van der Waals surface area contributed by atoms with Crippen molar-refractivity contribution in [2.75, 3.05) is 4.90 Å². The van der Waals surface area contributed by atoms with E-state index < -0.39 is 0 Å². The molecule has 0 saturated carbocycles. The third-order valence-corrected chi connectivity index (χ3v) is 10.6. The lowest BCUT2D eigenvalue weighted by Crippen LogP contribution is -2.14. The van der Waals surface area contributed by atoms with E-state index in [1.54, 1.807) is 0 Å². The molecular formula is C52H36N2. The molecule has 0 aliphatic heterocycles. The molecule has 1 aromatic heterocycles. The van der Waals surface area contributed by atoms with Crippen molar-refractivity contribution in [2.24, 2.45) is 0 Å². The van der Waals surface area contributed by atoms with Crippen LogP contribution in [0.15, 0.2) is 212 Å². The first kappa shape index (κ1) is 31.6. The van der Waals surface area contributed by atoms with E-state index in [1.807, 2.05) is 0 Å². The molecule has 0 spiro atoms. The molecule has 1 N–H and O–H groups in total. The van der Waals surface area contributed by atoms with Gasteiger partial charge < -0.3 is 9.88 Å². The maximum Gasteiger partial charge on any atom is 0.0619 e. The van der Waals surface area contributed by atoms with Crippen LogP contribution in [0.25, 0.3) is 77.1 Å². The highest BCUT2D eigenvalue weighted by atomic mass is 15.2. The summed E-state index contributed by atoms with van der Waals surface area (Å²) in [6.07, 6.45) is 0. The zero-order chi connectivity index (χ0) is 35.8. The summed E-state index contributed by atoms with van der Waals surface area (Å²) in [6, 6.07) is 76.7. The van der Waals surface area contributed by atoms with Crippen molar-refractivity contribution in [1.29, 1.82) is 0 Å². The topological polar surface area (TPSA) is 19.0 Å². The Morgan fingerprint density at radius 3 is 1.43 bits per heavy atom. The van der Waals surface area contributed by atoms with Gasteiger partial charge in [0.1, 0.15) is 0 Å². The summed E-state index contributed by atoms with van der Waals surface area (Å²) in [7, 11) is 0. The van der Waals surface area contributed by atoms with Gasteiger partial charge in [-0.2, -0.15) is 0 Å². The molecular weight excluding hydrogens is 653 g/mol. The molecule has 0 fully saturated rings. The van der Waals surface area contributed by atoms with Crippen LogP contribution in [0.2, 0.25) is 0 Å². The highest BCUT2D eigenvalue weighted by molar-refractivity contribution is 6.19. The minimum atomic E-state index is 1.11. The van der Waals surface area contributed by atoms with Crippen LogP contribution in [-0.4, -0.2) is 4.98 Å². The van der Waals surface area contributed by atoms with E-state index in [2.05, 4.69) is 222 Å². The van der Waals surface area contributed by atoms with E-state index in [0.717, 1.165) is 44.8 Å². The van der Waals surface area contributed by atoms with Gasteiger partial charge in [0.15, 0.2) is 0 Å². The quantitative estimate of drug-likeness (QED) is 0.177. The highest BCUT2D eigenvalue weighted by Gasteiger charge is 2.27. The van der Waals surface area contributed by atoms with Crippen LogP contribution in [0.1, 0.15) is 0 Å². The molecule has 2 heteroatoms. The first-order valence-electron chi connectivity index (χ1n) is 18.5. The van der Waals surface area contributed by atoms with Gasteiger partial charge in [-0.05, 0) is 45.8 Å². The molecule has 254 valence electrons. The second-order valence-corrected chi connectivity index (χ2v) is 13.7. The van der Waals surface area contributed by atoms with Gasteiger partial charge >= 0.3 is 0 Å². The number of nitrogens with one attached hydrogen (secondary N) is 1. The minimum Gasteiger partial charge on any atom is -0.354 e. The number of anilines is 3. The molecule has 54 heavy (non-hydrogen) atoms. The summed E-state index contributed by atoms with van der Waals surface area (Å²) in [5.74, 6) is 0. The lowest BCUT2D eigenvalue weighted by atomic mass is 9.88.